The summed E-state index contributed by atoms with van der Waals surface area (Å²) in [4.78, 5) is 17.5. The first-order valence-corrected chi connectivity index (χ1v) is 9.89. The number of rotatable bonds is 5. The number of fused-ring (bicyclic) bond motifs is 1. The molecule has 1 amide bonds. The van der Waals surface area contributed by atoms with Crippen LogP contribution in [0.3, 0.4) is 0 Å². The van der Waals surface area contributed by atoms with Crippen LogP contribution in [0.5, 0.6) is 5.75 Å². The molecule has 0 saturated carbocycles. The van der Waals surface area contributed by atoms with Crippen molar-refractivity contribution < 1.29 is 9.53 Å². The molecule has 3 rings (SSSR count). The number of para-hydroxylation sites is 1. The maximum Gasteiger partial charge on any atom is 0.270 e. The number of hydrogen-bond donors (Lipinski definition) is 3. The fourth-order valence-electron chi connectivity index (χ4n) is 2.87. The summed E-state index contributed by atoms with van der Waals surface area (Å²) >= 11 is 5.10. The molecule has 0 fully saturated rings. The highest BCUT2D eigenvalue weighted by molar-refractivity contribution is 7.80. The van der Waals surface area contributed by atoms with Crippen LogP contribution in [0.15, 0.2) is 54.6 Å². The van der Waals surface area contributed by atoms with E-state index in [4.69, 9.17) is 21.9 Å². The maximum absolute atomic E-state index is 12.8. The van der Waals surface area contributed by atoms with Gasteiger partial charge in [0.1, 0.15) is 5.75 Å². The second-order valence-electron chi connectivity index (χ2n) is 6.70. The maximum atomic E-state index is 12.8. The highest BCUT2D eigenvalue weighted by atomic mass is 32.1. The molecule has 0 unspecified atom stereocenters. The Bertz CT molecular complexity index is 1020. The summed E-state index contributed by atoms with van der Waals surface area (Å²) in [6, 6.07) is 17.0. The van der Waals surface area contributed by atoms with Crippen LogP contribution in [0.4, 0.5) is 0 Å². The molecule has 0 radical (unpaired) electrons. The van der Waals surface area contributed by atoms with Crippen molar-refractivity contribution in [2.24, 2.45) is 0 Å². The quantitative estimate of drug-likeness (QED) is 0.440. The van der Waals surface area contributed by atoms with Crippen molar-refractivity contribution in [3.63, 3.8) is 0 Å². The molecule has 0 aliphatic rings. The van der Waals surface area contributed by atoms with E-state index in [1.54, 1.807) is 6.07 Å². The lowest BCUT2D eigenvalue weighted by Gasteiger charge is -2.13. The average molecular weight is 409 g/mol. The van der Waals surface area contributed by atoms with Crippen molar-refractivity contribution in [3.8, 4) is 17.0 Å². The summed E-state index contributed by atoms with van der Waals surface area (Å²) in [5.41, 5.74) is 8.22. The predicted molar refractivity (Wildman–Crippen MR) is 120 cm³/mol. The lowest BCUT2D eigenvalue weighted by atomic mass is 10.0. The molecule has 1 aromatic heterocycles. The molecule has 0 bridgehead atoms. The monoisotopic (exact) mass is 408 g/mol. The Balaban J connectivity index is 1.93. The van der Waals surface area contributed by atoms with E-state index in [0.717, 1.165) is 22.2 Å². The van der Waals surface area contributed by atoms with Crippen LogP contribution in [0, 0.1) is 0 Å². The Morgan fingerprint density at radius 1 is 1.10 bits per heavy atom. The Kier molecular flexibility index (Phi) is 6.61. The second kappa shape index (κ2) is 9.34. The molecule has 6 nitrogen and oxygen atoms in total. The molecule has 0 atom stereocenters. The third kappa shape index (κ3) is 5.20. The lowest BCUT2D eigenvalue weighted by molar-refractivity contribution is 0.0945. The number of nitrogens with zero attached hydrogens (tertiary/aromatic N) is 1. The van der Waals surface area contributed by atoms with Gasteiger partial charge in [-0.2, -0.15) is 0 Å². The first-order chi connectivity index (χ1) is 14.0. The van der Waals surface area contributed by atoms with Crippen molar-refractivity contribution in [1.29, 1.82) is 0 Å². The largest absolute Gasteiger partial charge is 0.491 e. The minimum Gasteiger partial charge on any atom is -0.491 e. The summed E-state index contributed by atoms with van der Waals surface area (Å²) in [6.07, 6.45) is 0.107. The van der Waals surface area contributed by atoms with Gasteiger partial charge in [-0.3, -0.25) is 15.6 Å². The number of carbonyl (C=O) groups excluding carboxylic acids is 1. The Hall–Kier alpha value is -3.19. The number of amides is 1. The zero-order valence-electron chi connectivity index (χ0n) is 16.7. The molecule has 3 N–H and O–H groups in total. The van der Waals surface area contributed by atoms with E-state index in [0.29, 0.717) is 22.9 Å². The topological polar surface area (TPSA) is 75.3 Å². The summed E-state index contributed by atoms with van der Waals surface area (Å²) in [7, 11) is 0. The molecular formula is C22H24N4O2S. The van der Waals surface area contributed by atoms with Crippen molar-refractivity contribution in [2.75, 3.05) is 6.54 Å². The van der Waals surface area contributed by atoms with E-state index in [1.165, 1.54) is 0 Å². The minimum atomic E-state index is -0.287. The molecule has 2 aromatic carbocycles. The molecule has 0 saturated heterocycles. The SMILES string of the molecule is CCNC(=S)NNC(=O)c1cc(-c2ccc(OC(C)C)cc2)nc2ccccc12. The van der Waals surface area contributed by atoms with Gasteiger partial charge in [-0.1, -0.05) is 18.2 Å². The number of benzene rings is 2. The van der Waals surface area contributed by atoms with Crippen molar-refractivity contribution in [2.45, 2.75) is 26.9 Å². The van der Waals surface area contributed by atoms with Gasteiger partial charge in [-0.15, -0.1) is 0 Å². The third-order valence-electron chi connectivity index (χ3n) is 4.11. The van der Waals surface area contributed by atoms with Gasteiger partial charge in [0.25, 0.3) is 5.91 Å². The molecule has 150 valence electrons. The van der Waals surface area contributed by atoms with Gasteiger partial charge in [0.2, 0.25) is 0 Å². The van der Waals surface area contributed by atoms with Crippen LogP contribution in [-0.4, -0.2) is 28.7 Å². The van der Waals surface area contributed by atoms with E-state index >= 15 is 0 Å². The number of hydrogen-bond acceptors (Lipinski definition) is 4. The number of ether oxygens (including phenoxy) is 1. The highest BCUT2D eigenvalue weighted by Gasteiger charge is 2.14. The van der Waals surface area contributed by atoms with Crippen LogP contribution < -0.4 is 20.9 Å². The van der Waals surface area contributed by atoms with Crippen LogP contribution in [0.1, 0.15) is 31.1 Å². The van der Waals surface area contributed by atoms with Crippen LogP contribution in [0.2, 0.25) is 0 Å². The smallest absolute Gasteiger partial charge is 0.270 e. The zero-order valence-corrected chi connectivity index (χ0v) is 17.5. The molecule has 0 aliphatic heterocycles. The number of pyridine rings is 1. The van der Waals surface area contributed by atoms with Crippen LogP contribution >= 0.6 is 12.2 Å². The number of thiocarbonyl (C=S) groups is 1. The molecule has 7 heteroatoms. The first kappa shape index (κ1) is 20.5. The van der Waals surface area contributed by atoms with Gasteiger partial charge in [0.05, 0.1) is 22.9 Å². The van der Waals surface area contributed by atoms with Crippen molar-refractivity contribution >= 4 is 34.1 Å². The fourth-order valence-corrected chi connectivity index (χ4v) is 3.07. The van der Waals surface area contributed by atoms with Gasteiger partial charge >= 0.3 is 0 Å². The number of carbonyl (C=O) groups is 1. The first-order valence-electron chi connectivity index (χ1n) is 9.49. The van der Waals surface area contributed by atoms with Gasteiger partial charge in [0.15, 0.2) is 5.11 Å². The zero-order chi connectivity index (χ0) is 20.8. The van der Waals surface area contributed by atoms with Gasteiger partial charge in [-0.25, -0.2) is 4.98 Å². The van der Waals surface area contributed by atoms with Crippen LogP contribution in [0.25, 0.3) is 22.2 Å². The third-order valence-corrected chi connectivity index (χ3v) is 4.36. The molecule has 29 heavy (non-hydrogen) atoms. The molecule has 1 heterocycles. The Morgan fingerprint density at radius 2 is 1.83 bits per heavy atom. The standard InChI is InChI=1S/C22H24N4O2S/c1-4-23-22(29)26-25-21(27)18-13-20(24-19-8-6-5-7-17(18)19)15-9-11-16(12-10-15)28-14(2)3/h5-14H,4H2,1-3H3,(H,25,27)(H2,23,26,29). The molecule has 3 aromatic rings. The molecule has 0 aliphatic carbocycles. The van der Waals surface area contributed by atoms with Gasteiger partial charge in [-0.05, 0) is 69.4 Å². The van der Waals surface area contributed by atoms with E-state index in [2.05, 4.69) is 16.2 Å². The minimum absolute atomic E-state index is 0.107. The van der Waals surface area contributed by atoms with Crippen molar-refractivity contribution in [3.05, 3.63) is 60.2 Å². The van der Waals surface area contributed by atoms with Gasteiger partial charge in [0, 0.05) is 17.5 Å². The fraction of sp³-hybridized carbons (Fsp3) is 0.227. The molecule has 0 spiro atoms. The second-order valence-corrected chi connectivity index (χ2v) is 7.11. The number of hydrazine groups is 1. The van der Waals surface area contributed by atoms with Crippen LogP contribution in [-0.2, 0) is 0 Å². The van der Waals surface area contributed by atoms with E-state index in [1.807, 2.05) is 69.3 Å². The summed E-state index contributed by atoms with van der Waals surface area (Å²) in [6.45, 7) is 6.56. The normalized spacial score (nSPS) is 10.6. The summed E-state index contributed by atoms with van der Waals surface area (Å²) in [5, 5.41) is 4.06. The highest BCUT2D eigenvalue weighted by Crippen LogP contribution is 2.26. The van der Waals surface area contributed by atoms with E-state index < -0.39 is 0 Å². The lowest BCUT2D eigenvalue weighted by Crippen LogP contribution is -2.46. The molecular weight excluding hydrogens is 384 g/mol. The van der Waals surface area contributed by atoms with E-state index in [9.17, 15) is 4.79 Å². The summed E-state index contributed by atoms with van der Waals surface area (Å²) < 4.78 is 5.70. The van der Waals surface area contributed by atoms with Crippen molar-refractivity contribution in [1.82, 2.24) is 21.2 Å². The number of nitrogens with one attached hydrogen (secondary N) is 3. The Morgan fingerprint density at radius 3 is 2.52 bits per heavy atom. The predicted octanol–water partition coefficient (Wildman–Crippen LogP) is 3.82. The average Bonchev–Trinajstić information content (AvgIpc) is 2.71. The van der Waals surface area contributed by atoms with E-state index in [-0.39, 0.29) is 12.0 Å². The summed E-state index contributed by atoms with van der Waals surface area (Å²) in [5.74, 6) is 0.508. The van der Waals surface area contributed by atoms with Gasteiger partial charge < -0.3 is 10.1 Å². The Labute approximate surface area is 175 Å². The number of aromatic nitrogens is 1.